The first-order valence-electron chi connectivity index (χ1n) is 7.19. The predicted octanol–water partition coefficient (Wildman–Crippen LogP) is 3.48. The zero-order valence-electron chi connectivity index (χ0n) is 13.8. The first kappa shape index (κ1) is 18.4. The second-order valence-corrected chi connectivity index (χ2v) is 5.92. The third-order valence-corrected chi connectivity index (χ3v) is 3.66. The van der Waals surface area contributed by atoms with Gasteiger partial charge in [-0.1, -0.05) is 17.7 Å². The lowest BCUT2D eigenvalue weighted by Gasteiger charge is -2.13. The summed E-state index contributed by atoms with van der Waals surface area (Å²) in [5.41, 5.74) is 0.276. The number of amides is 1. The summed E-state index contributed by atoms with van der Waals surface area (Å²) in [6.07, 6.45) is 0. The number of nitrogens with zero attached hydrogens (tertiary/aromatic N) is 2. The minimum Gasteiger partial charge on any atom is -0.422 e. The first-order valence-corrected chi connectivity index (χ1v) is 7.57. The fourth-order valence-electron chi connectivity index (χ4n) is 2.08. The summed E-state index contributed by atoms with van der Waals surface area (Å²) < 4.78 is 5.28. The van der Waals surface area contributed by atoms with Crippen LogP contribution in [0.5, 0.6) is 5.75 Å². The van der Waals surface area contributed by atoms with Gasteiger partial charge in [-0.3, -0.25) is 14.9 Å². The predicted molar refractivity (Wildman–Crippen MR) is 92.3 cm³/mol. The summed E-state index contributed by atoms with van der Waals surface area (Å²) in [5, 5.41) is 11.2. The number of rotatable bonds is 4. The van der Waals surface area contributed by atoms with Crippen LogP contribution >= 0.6 is 11.6 Å². The number of carbonyl (C=O) groups is 2. The van der Waals surface area contributed by atoms with E-state index in [9.17, 15) is 19.7 Å². The monoisotopic (exact) mass is 362 g/mol. The van der Waals surface area contributed by atoms with Crippen molar-refractivity contribution in [3.05, 3.63) is 68.2 Å². The van der Waals surface area contributed by atoms with Crippen LogP contribution in [-0.4, -0.2) is 35.8 Å². The van der Waals surface area contributed by atoms with Crippen LogP contribution in [0, 0.1) is 17.0 Å². The van der Waals surface area contributed by atoms with Crippen LogP contribution in [-0.2, 0) is 0 Å². The number of hydrogen-bond acceptors (Lipinski definition) is 5. The number of nitro benzene ring substituents is 1. The molecule has 0 saturated carbocycles. The van der Waals surface area contributed by atoms with Crippen LogP contribution in [0.1, 0.15) is 26.3 Å². The van der Waals surface area contributed by atoms with Crippen molar-refractivity contribution in [2.75, 3.05) is 14.1 Å². The molecule has 0 spiro atoms. The maximum Gasteiger partial charge on any atom is 0.350 e. The highest BCUT2D eigenvalue weighted by atomic mass is 35.5. The summed E-state index contributed by atoms with van der Waals surface area (Å²) in [5.74, 6) is -1.00. The van der Waals surface area contributed by atoms with E-state index in [1.807, 2.05) is 0 Å². The number of hydrogen-bond donors (Lipinski definition) is 0. The second-order valence-electron chi connectivity index (χ2n) is 5.49. The molecular weight excluding hydrogens is 348 g/mol. The van der Waals surface area contributed by atoms with E-state index in [0.717, 1.165) is 6.07 Å². The fraction of sp³-hybridized carbons (Fsp3) is 0.176. The third-order valence-electron chi connectivity index (χ3n) is 3.42. The maximum atomic E-state index is 12.4. The van der Waals surface area contributed by atoms with Gasteiger partial charge in [0, 0.05) is 30.7 Å². The van der Waals surface area contributed by atoms with E-state index in [0.29, 0.717) is 11.1 Å². The molecule has 2 rings (SSSR count). The molecule has 0 atom stereocenters. The molecule has 25 heavy (non-hydrogen) atoms. The Morgan fingerprint density at radius 1 is 1.16 bits per heavy atom. The van der Waals surface area contributed by atoms with Crippen LogP contribution in [0.4, 0.5) is 5.69 Å². The molecule has 0 unspecified atom stereocenters. The molecule has 0 aliphatic rings. The normalized spacial score (nSPS) is 10.2. The summed E-state index contributed by atoms with van der Waals surface area (Å²) in [6.45, 7) is 1.70. The third kappa shape index (κ3) is 4.13. The molecule has 7 nitrogen and oxygen atoms in total. The van der Waals surface area contributed by atoms with Gasteiger partial charge in [-0.2, -0.15) is 0 Å². The second kappa shape index (κ2) is 7.31. The lowest BCUT2D eigenvalue weighted by atomic mass is 10.1. The summed E-state index contributed by atoms with van der Waals surface area (Å²) in [4.78, 5) is 36.2. The molecule has 0 fully saturated rings. The lowest BCUT2D eigenvalue weighted by Crippen LogP contribution is -2.21. The Morgan fingerprint density at radius 2 is 1.84 bits per heavy atom. The number of nitro groups is 1. The van der Waals surface area contributed by atoms with Gasteiger partial charge in [-0.05, 0) is 36.8 Å². The Bertz CT molecular complexity index is 864. The molecule has 0 heterocycles. The highest BCUT2D eigenvalue weighted by molar-refractivity contribution is 6.31. The molecule has 0 N–H and O–H groups in total. The first-order chi connectivity index (χ1) is 11.7. The Morgan fingerprint density at radius 3 is 2.44 bits per heavy atom. The Balaban J connectivity index is 2.37. The van der Waals surface area contributed by atoms with Gasteiger partial charge >= 0.3 is 5.97 Å². The molecule has 0 aliphatic heterocycles. The van der Waals surface area contributed by atoms with Crippen LogP contribution in [0.3, 0.4) is 0 Å². The molecule has 8 heteroatoms. The Hall–Kier alpha value is -2.93. The number of esters is 1. The highest BCUT2D eigenvalue weighted by Gasteiger charge is 2.23. The van der Waals surface area contributed by atoms with Gasteiger partial charge in [0.2, 0.25) is 0 Å². The Labute approximate surface area is 148 Å². The van der Waals surface area contributed by atoms with Crippen LogP contribution in [0.2, 0.25) is 5.02 Å². The average Bonchev–Trinajstić information content (AvgIpc) is 2.55. The molecule has 0 saturated heterocycles. The van der Waals surface area contributed by atoms with E-state index in [1.54, 1.807) is 33.2 Å². The standard InChI is InChI=1S/C17H15ClN2O5/c1-10-4-5-11(16(21)19(2)3)8-15(10)25-17(22)13-7-6-12(18)9-14(13)20(23)24/h4-9H,1-3H3. The van der Waals surface area contributed by atoms with Crippen molar-refractivity contribution >= 4 is 29.2 Å². The van der Waals surface area contributed by atoms with Gasteiger partial charge < -0.3 is 9.64 Å². The zero-order chi connectivity index (χ0) is 18.7. The maximum absolute atomic E-state index is 12.4. The molecule has 1 amide bonds. The quantitative estimate of drug-likeness (QED) is 0.359. The minimum absolute atomic E-state index is 0.137. The molecule has 130 valence electrons. The molecular formula is C17H15ClN2O5. The van der Waals surface area contributed by atoms with Crippen LogP contribution in [0.25, 0.3) is 0 Å². The molecule has 2 aromatic rings. The molecule has 2 aromatic carbocycles. The lowest BCUT2D eigenvalue weighted by molar-refractivity contribution is -0.385. The van der Waals surface area contributed by atoms with Gasteiger partial charge in [0.15, 0.2) is 0 Å². The van der Waals surface area contributed by atoms with Gasteiger partial charge in [0.1, 0.15) is 11.3 Å². The van der Waals surface area contributed by atoms with Gasteiger partial charge in [0.25, 0.3) is 11.6 Å². The van der Waals surface area contributed by atoms with Crippen molar-refractivity contribution in [2.24, 2.45) is 0 Å². The van der Waals surface area contributed by atoms with Crippen LogP contribution in [0.15, 0.2) is 36.4 Å². The molecule has 0 aliphatic carbocycles. The van der Waals surface area contributed by atoms with Gasteiger partial charge in [-0.15, -0.1) is 0 Å². The average molecular weight is 363 g/mol. The Kier molecular flexibility index (Phi) is 5.38. The number of halogens is 1. The van der Waals surface area contributed by atoms with Crippen molar-refractivity contribution in [1.82, 2.24) is 4.90 Å². The van der Waals surface area contributed by atoms with E-state index in [2.05, 4.69) is 0 Å². The topological polar surface area (TPSA) is 89.8 Å². The number of aryl methyl sites for hydroxylation is 1. The zero-order valence-corrected chi connectivity index (χ0v) is 14.5. The van der Waals surface area contributed by atoms with E-state index in [-0.39, 0.29) is 22.2 Å². The smallest absolute Gasteiger partial charge is 0.350 e. The number of carbonyl (C=O) groups excluding carboxylic acids is 2. The van der Waals surface area contributed by atoms with Crippen molar-refractivity contribution < 1.29 is 19.2 Å². The largest absolute Gasteiger partial charge is 0.422 e. The van der Waals surface area contributed by atoms with Crippen molar-refractivity contribution in [3.63, 3.8) is 0 Å². The van der Waals surface area contributed by atoms with Crippen molar-refractivity contribution in [3.8, 4) is 5.75 Å². The van der Waals surface area contributed by atoms with E-state index in [4.69, 9.17) is 16.3 Å². The van der Waals surface area contributed by atoms with E-state index >= 15 is 0 Å². The van der Waals surface area contributed by atoms with E-state index < -0.39 is 16.6 Å². The van der Waals surface area contributed by atoms with Crippen molar-refractivity contribution in [1.29, 1.82) is 0 Å². The van der Waals surface area contributed by atoms with Gasteiger partial charge in [-0.25, -0.2) is 4.79 Å². The molecule has 0 radical (unpaired) electrons. The summed E-state index contributed by atoms with van der Waals surface area (Å²) in [7, 11) is 3.20. The number of ether oxygens (including phenoxy) is 1. The fourth-order valence-corrected chi connectivity index (χ4v) is 2.25. The van der Waals surface area contributed by atoms with Crippen molar-refractivity contribution in [2.45, 2.75) is 6.92 Å². The minimum atomic E-state index is -0.902. The highest BCUT2D eigenvalue weighted by Crippen LogP contribution is 2.26. The molecule has 0 bridgehead atoms. The summed E-state index contributed by atoms with van der Waals surface area (Å²) in [6, 6.07) is 8.35. The molecule has 0 aromatic heterocycles. The van der Waals surface area contributed by atoms with Crippen LogP contribution < -0.4 is 4.74 Å². The SMILES string of the molecule is Cc1ccc(C(=O)N(C)C)cc1OC(=O)c1ccc(Cl)cc1[N+](=O)[O-]. The van der Waals surface area contributed by atoms with Gasteiger partial charge in [0.05, 0.1) is 4.92 Å². The number of benzene rings is 2. The summed E-state index contributed by atoms with van der Waals surface area (Å²) >= 11 is 5.74. The van der Waals surface area contributed by atoms with E-state index in [1.165, 1.54) is 23.1 Å².